The summed E-state index contributed by atoms with van der Waals surface area (Å²) < 4.78 is 5.39. The average molecular weight is 399 g/mol. The first-order chi connectivity index (χ1) is 12.9. The SMILES string of the molecule is CN1CCN(C(=O)OC(C)(C)C)CC12CN(OC(CCC(N)=O)C(N)=O)C2=O. The fraction of sp³-hybridized carbons (Fsp3) is 0.765. The summed E-state index contributed by atoms with van der Waals surface area (Å²) in [6.07, 6.45) is -1.72. The molecule has 1 spiro atoms. The summed E-state index contributed by atoms with van der Waals surface area (Å²) in [5, 5.41) is 1.05. The van der Waals surface area contributed by atoms with Crippen molar-refractivity contribution in [3.05, 3.63) is 0 Å². The van der Waals surface area contributed by atoms with Crippen LogP contribution in [-0.2, 0) is 24.0 Å². The van der Waals surface area contributed by atoms with Crippen LogP contribution in [0.1, 0.15) is 33.6 Å². The van der Waals surface area contributed by atoms with Crippen molar-refractivity contribution < 1.29 is 28.8 Å². The zero-order valence-electron chi connectivity index (χ0n) is 16.8. The van der Waals surface area contributed by atoms with Crippen LogP contribution in [0.5, 0.6) is 0 Å². The van der Waals surface area contributed by atoms with Gasteiger partial charge in [-0.3, -0.25) is 24.1 Å². The molecular formula is C17H29N5O6. The van der Waals surface area contributed by atoms with Crippen molar-refractivity contribution in [3.8, 4) is 0 Å². The van der Waals surface area contributed by atoms with Gasteiger partial charge in [-0.1, -0.05) is 0 Å². The third-order valence-electron chi connectivity index (χ3n) is 4.79. The number of likely N-dealkylation sites (N-methyl/N-ethyl adjacent to an activating group) is 1. The molecule has 0 aromatic carbocycles. The van der Waals surface area contributed by atoms with Crippen molar-refractivity contribution in [1.82, 2.24) is 14.9 Å². The predicted molar refractivity (Wildman–Crippen MR) is 97.4 cm³/mol. The van der Waals surface area contributed by atoms with Gasteiger partial charge in [-0.25, -0.2) is 9.86 Å². The zero-order valence-corrected chi connectivity index (χ0v) is 16.8. The number of ether oxygens (including phenoxy) is 1. The van der Waals surface area contributed by atoms with Gasteiger partial charge in [-0.2, -0.15) is 0 Å². The number of hydrogen-bond acceptors (Lipinski definition) is 7. The molecule has 158 valence electrons. The lowest BCUT2D eigenvalue weighted by atomic mass is 9.86. The Hall–Kier alpha value is -2.40. The van der Waals surface area contributed by atoms with E-state index >= 15 is 0 Å². The van der Waals surface area contributed by atoms with Gasteiger partial charge in [0.15, 0.2) is 6.10 Å². The first kappa shape index (κ1) is 21.9. The van der Waals surface area contributed by atoms with Gasteiger partial charge in [0.25, 0.3) is 5.91 Å². The summed E-state index contributed by atoms with van der Waals surface area (Å²) in [5.41, 5.74) is 8.78. The molecule has 2 rings (SSSR count). The third-order valence-corrected chi connectivity index (χ3v) is 4.79. The first-order valence-corrected chi connectivity index (χ1v) is 9.11. The lowest BCUT2D eigenvalue weighted by Crippen LogP contribution is -2.79. The largest absolute Gasteiger partial charge is 0.444 e. The van der Waals surface area contributed by atoms with Crippen LogP contribution >= 0.6 is 0 Å². The minimum atomic E-state index is -1.13. The number of nitrogens with two attached hydrogens (primary N) is 2. The van der Waals surface area contributed by atoms with Crippen LogP contribution in [0.3, 0.4) is 0 Å². The third kappa shape index (κ3) is 4.71. The van der Waals surface area contributed by atoms with E-state index < -0.39 is 35.2 Å². The smallest absolute Gasteiger partial charge is 0.410 e. The lowest BCUT2D eigenvalue weighted by Gasteiger charge is -2.56. The second kappa shape index (κ2) is 7.92. The second-order valence-corrected chi connectivity index (χ2v) is 8.20. The van der Waals surface area contributed by atoms with Crippen LogP contribution in [-0.4, -0.2) is 89.1 Å². The topological polar surface area (TPSA) is 148 Å². The van der Waals surface area contributed by atoms with E-state index in [0.29, 0.717) is 13.1 Å². The molecule has 4 N–H and O–H groups in total. The van der Waals surface area contributed by atoms with Crippen molar-refractivity contribution in [2.75, 3.05) is 33.2 Å². The van der Waals surface area contributed by atoms with E-state index in [9.17, 15) is 19.2 Å². The monoisotopic (exact) mass is 399 g/mol. The van der Waals surface area contributed by atoms with Gasteiger partial charge in [-0.15, -0.1) is 0 Å². The molecule has 11 heteroatoms. The van der Waals surface area contributed by atoms with Gasteiger partial charge in [-0.05, 0) is 34.2 Å². The quantitative estimate of drug-likeness (QED) is 0.533. The Morgan fingerprint density at radius 3 is 2.32 bits per heavy atom. The normalized spacial score (nSPS) is 24.1. The summed E-state index contributed by atoms with van der Waals surface area (Å²) in [5.74, 6) is -1.77. The summed E-state index contributed by atoms with van der Waals surface area (Å²) in [6.45, 7) is 6.55. The Labute approximate surface area is 163 Å². The molecule has 2 heterocycles. The zero-order chi connectivity index (χ0) is 21.3. The Morgan fingerprint density at radius 2 is 1.82 bits per heavy atom. The highest BCUT2D eigenvalue weighted by Crippen LogP contribution is 2.33. The van der Waals surface area contributed by atoms with Gasteiger partial charge in [0.2, 0.25) is 11.8 Å². The summed E-state index contributed by atoms with van der Waals surface area (Å²) >= 11 is 0. The molecule has 0 radical (unpaired) electrons. The number of piperazine rings is 1. The molecule has 0 aromatic rings. The second-order valence-electron chi connectivity index (χ2n) is 8.20. The van der Waals surface area contributed by atoms with Gasteiger partial charge >= 0.3 is 6.09 Å². The molecule has 2 atom stereocenters. The van der Waals surface area contributed by atoms with E-state index in [4.69, 9.17) is 21.0 Å². The fourth-order valence-electron chi connectivity index (χ4n) is 3.16. The number of primary amides is 2. The molecule has 11 nitrogen and oxygen atoms in total. The maximum Gasteiger partial charge on any atom is 0.410 e. The Morgan fingerprint density at radius 1 is 1.18 bits per heavy atom. The molecule has 0 aliphatic carbocycles. The van der Waals surface area contributed by atoms with E-state index in [1.54, 1.807) is 27.8 Å². The molecule has 0 bridgehead atoms. The van der Waals surface area contributed by atoms with Gasteiger partial charge in [0, 0.05) is 19.5 Å². The Kier molecular flexibility index (Phi) is 6.19. The molecule has 28 heavy (non-hydrogen) atoms. The number of rotatable bonds is 6. The molecule has 0 saturated carbocycles. The number of hydroxylamine groups is 2. The summed E-state index contributed by atoms with van der Waals surface area (Å²) in [4.78, 5) is 56.4. The van der Waals surface area contributed by atoms with E-state index in [-0.39, 0.29) is 31.8 Å². The van der Waals surface area contributed by atoms with Crippen molar-refractivity contribution in [2.45, 2.75) is 50.9 Å². The van der Waals surface area contributed by atoms with Crippen LogP contribution < -0.4 is 11.5 Å². The van der Waals surface area contributed by atoms with Gasteiger partial charge in [0.05, 0.1) is 13.1 Å². The van der Waals surface area contributed by atoms with Gasteiger partial charge < -0.3 is 21.1 Å². The Balaban J connectivity index is 2.02. The lowest BCUT2D eigenvalue weighted by molar-refractivity contribution is -0.258. The van der Waals surface area contributed by atoms with Crippen LogP contribution in [0.4, 0.5) is 4.79 Å². The number of hydrogen-bond donors (Lipinski definition) is 2. The number of carbonyl (C=O) groups excluding carboxylic acids is 4. The molecule has 4 amide bonds. The van der Waals surface area contributed by atoms with Crippen LogP contribution in [0.15, 0.2) is 0 Å². The Bertz CT molecular complexity index is 663. The maximum absolute atomic E-state index is 12.8. The molecule has 2 aliphatic heterocycles. The van der Waals surface area contributed by atoms with Gasteiger partial charge in [0.1, 0.15) is 11.1 Å². The van der Waals surface area contributed by atoms with Crippen molar-refractivity contribution >= 4 is 23.8 Å². The highest BCUT2D eigenvalue weighted by molar-refractivity contribution is 5.93. The maximum atomic E-state index is 12.8. The van der Waals surface area contributed by atoms with E-state index in [0.717, 1.165) is 5.06 Å². The summed E-state index contributed by atoms with van der Waals surface area (Å²) in [7, 11) is 1.79. The fourth-order valence-corrected chi connectivity index (χ4v) is 3.16. The minimum Gasteiger partial charge on any atom is -0.444 e. The number of amides is 4. The molecular weight excluding hydrogens is 370 g/mol. The number of nitrogens with zero attached hydrogens (tertiary/aromatic N) is 3. The number of carbonyl (C=O) groups is 4. The standard InChI is InChI=1S/C17H29N5O6/c1-16(2,3)27-15(26)21-8-7-20(4)17(9-21)10-22(14(17)25)28-11(13(19)24)5-6-12(18)23/h11H,5-10H2,1-4H3,(H2,18,23)(H2,19,24). The van der Waals surface area contributed by atoms with Crippen molar-refractivity contribution in [3.63, 3.8) is 0 Å². The van der Waals surface area contributed by atoms with Crippen molar-refractivity contribution in [2.24, 2.45) is 11.5 Å². The minimum absolute atomic E-state index is 0.0126. The van der Waals surface area contributed by atoms with Crippen molar-refractivity contribution in [1.29, 1.82) is 0 Å². The van der Waals surface area contributed by atoms with E-state index in [1.807, 2.05) is 4.90 Å². The molecule has 2 fully saturated rings. The molecule has 2 unspecified atom stereocenters. The van der Waals surface area contributed by atoms with Crippen LogP contribution in [0.25, 0.3) is 0 Å². The molecule has 2 saturated heterocycles. The van der Waals surface area contributed by atoms with Crippen LogP contribution in [0.2, 0.25) is 0 Å². The van der Waals surface area contributed by atoms with Crippen LogP contribution in [0, 0.1) is 0 Å². The van der Waals surface area contributed by atoms with E-state index in [2.05, 4.69) is 0 Å². The first-order valence-electron chi connectivity index (χ1n) is 9.11. The predicted octanol–water partition coefficient (Wildman–Crippen LogP) is -1.20. The average Bonchev–Trinajstić information content (AvgIpc) is 2.56. The molecule has 2 aliphatic rings. The highest BCUT2D eigenvalue weighted by atomic mass is 16.7. The summed E-state index contributed by atoms with van der Waals surface area (Å²) in [6, 6.07) is 0. The highest BCUT2D eigenvalue weighted by Gasteiger charge is 2.59. The number of β-lactam (4-membered cyclic amide) rings is 1. The molecule has 0 aromatic heterocycles. The van der Waals surface area contributed by atoms with E-state index in [1.165, 1.54) is 4.90 Å².